The Hall–Kier alpha value is -0.820. The van der Waals surface area contributed by atoms with E-state index in [0.29, 0.717) is 6.04 Å². The van der Waals surface area contributed by atoms with Crippen molar-refractivity contribution in [1.29, 1.82) is 0 Å². The lowest BCUT2D eigenvalue weighted by atomic mass is 9.88. The molecule has 96 valence electrons. The first kappa shape index (κ1) is 14.2. The van der Waals surface area contributed by atoms with Gasteiger partial charge in [0.05, 0.1) is 0 Å². The normalized spacial score (nSPS) is 13.0. The van der Waals surface area contributed by atoms with Gasteiger partial charge in [-0.2, -0.15) is 0 Å². The van der Waals surface area contributed by atoms with Gasteiger partial charge in [-0.15, -0.1) is 0 Å². The summed E-state index contributed by atoms with van der Waals surface area (Å²) in [5, 5.41) is 3.47. The van der Waals surface area contributed by atoms with E-state index in [1.54, 1.807) is 0 Å². The van der Waals surface area contributed by atoms with Crippen molar-refractivity contribution in [3.05, 3.63) is 35.4 Å². The highest BCUT2D eigenvalue weighted by atomic mass is 14.9. The number of hydrogen-bond acceptors (Lipinski definition) is 1. The molecule has 0 fully saturated rings. The van der Waals surface area contributed by atoms with E-state index in [0.717, 1.165) is 5.92 Å². The van der Waals surface area contributed by atoms with Gasteiger partial charge in [0.1, 0.15) is 0 Å². The minimum absolute atomic E-state index is 0.501. The molecule has 0 radical (unpaired) electrons. The van der Waals surface area contributed by atoms with Gasteiger partial charge in [-0.3, -0.25) is 0 Å². The molecule has 17 heavy (non-hydrogen) atoms. The molecule has 1 unspecified atom stereocenters. The Morgan fingerprint density at radius 1 is 1.00 bits per heavy atom. The van der Waals surface area contributed by atoms with Crippen LogP contribution in [-0.4, -0.2) is 7.05 Å². The summed E-state index contributed by atoms with van der Waals surface area (Å²) in [4.78, 5) is 0. The van der Waals surface area contributed by atoms with E-state index in [9.17, 15) is 0 Å². The van der Waals surface area contributed by atoms with E-state index in [1.165, 1.54) is 36.8 Å². The van der Waals surface area contributed by atoms with Crippen LogP contribution in [0, 0.1) is 5.92 Å². The molecule has 0 aliphatic heterocycles. The third kappa shape index (κ3) is 3.85. The molecule has 1 atom stereocenters. The fraction of sp³-hybridized carbons (Fsp3) is 0.625. The van der Waals surface area contributed by atoms with Crippen LogP contribution >= 0.6 is 0 Å². The van der Waals surface area contributed by atoms with E-state index in [2.05, 4.69) is 57.4 Å². The lowest BCUT2D eigenvalue weighted by molar-refractivity contribution is 0.359. The molecule has 0 saturated carbocycles. The lowest BCUT2D eigenvalue weighted by Gasteiger charge is -2.25. The second-order valence-corrected chi connectivity index (χ2v) is 4.83. The number of nitrogens with one attached hydrogen (secondary N) is 1. The quantitative estimate of drug-likeness (QED) is 0.739. The predicted octanol–water partition coefficient (Wildman–Crippen LogP) is 4.34. The fourth-order valence-electron chi connectivity index (χ4n) is 2.61. The molecule has 1 rings (SSSR count). The average molecular weight is 233 g/mol. The van der Waals surface area contributed by atoms with Crippen molar-refractivity contribution < 1.29 is 0 Å². The fourth-order valence-corrected chi connectivity index (χ4v) is 2.61. The van der Waals surface area contributed by atoms with Crippen molar-refractivity contribution in [2.45, 2.75) is 52.5 Å². The average Bonchev–Trinajstić information content (AvgIpc) is 2.37. The molecule has 0 heterocycles. The van der Waals surface area contributed by atoms with Crippen LogP contribution in [0.25, 0.3) is 0 Å². The first-order valence-corrected chi connectivity index (χ1v) is 7.02. The van der Waals surface area contributed by atoms with Gasteiger partial charge < -0.3 is 5.32 Å². The lowest BCUT2D eigenvalue weighted by Crippen LogP contribution is -2.24. The zero-order chi connectivity index (χ0) is 12.7. The minimum Gasteiger partial charge on any atom is -0.313 e. The number of hydrogen-bond donors (Lipinski definition) is 1. The van der Waals surface area contributed by atoms with Crippen molar-refractivity contribution in [1.82, 2.24) is 5.32 Å². The predicted molar refractivity (Wildman–Crippen MR) is 76.3 cm³/mol. The first-order valence-electron chi connectivity index (χ1n) is 7.02. The summed E-state index contributed by atoms with van der Waals surface area (Å²) in [7, 11) is 2.07. The highest BCUT2D eigenvalue weighted by Gasteiger charge is 2.18. The molecule has 1 heteroatoms. The van der Waals surface area contributed by atoms with Gasteiger partial charge in [0.25, 0.3) is 0 Å². The van der Waals surface area contributed by atoms with Crippen LogP contribution in [0.1, 0.15) is 57.2 Å². The summed E-state index contributed by atoms with van der Waals surface area (Å²) in [5.41, 5.74) is 2.89. The van der Waals surface area contributed by atoms with Gasteiger partial charge in [0.15, 0.2) is 0 Å². The van der Waals surface area contributed by atoms with Crippen molar-refractivity contribution in [3.63, 3.8) is 0 Å². The summed E-state index contributed by atoms with van der Waals surface area (Å²) in [6.07, 6.45) is 4.88. The molecule has 1 aromatic carbocycles. The minimum atomic E-state index is 0.501. The Kier molecular flexibility index (Phi) is 6.28. The van der Waals surface area contributed by atoms with Gasteiger partial charge in [-0.05, 0) is 30.5 Å². The summed E-state index contributed by atoms with van der Waals surface area (Å²) in [6.45, 7) is 6.79. The Labute approximate surface area is 107 Å². The van der Waals surface area contributed by atoms with Gasteiger partial charge >= 0.3 is 0 Å². The maximum absolute atomic E-state index is 3.47. The zero-order valence-electron chi connectivity index (χ0n) is 11.8. The van der Waals surface area contributed by atoms with Crippen molar-refractivity contribution in [2.24, 2.45) is 5.92 Å². The molecule has 1 N–H and O–H groups in total. The number of aryl methyl sites for hydroxylation is 1. The third-order valence-corrected chi connectivity index (χ3v) is 3.71. The zero-order valence-corrected chi connectivity index (χ0v) is 11.8. The Balaban J connectivity index is 2.81. The standard InChI is InChI=1S/C16H27N/c1-5-8-13-9-11-15(12-10-13)16(17-4)14(6-2)7-3/h9-12,14,16-17H,5-8H2,1-4H3. The van der Waals surface area contributed by atoms with E-state index >= 15 is 0 Å². The monoisotopic (exact) mass is 233 g/mol. The van der Waals surface area contributed by atoms with Crippen LogP contribution in [0.3, 0.4) is 0 Å². The maximum atomic E-state index is 3.47. The smallest absolute Gasteiger partial charge is 0.0345 e. The molecule has 1 aromatic rings. The largest absolute Gasteiger partial charge is 0.313 e. The topological polar surface area (TPSA) is 12.0 Å². The SMILES string of the molecule is CCCc1ccc(C(NC)C(CC)CC)cc1. The summed E-state index contributed by atoms with van der Waals surface area (Å²) >= 11 is 0. The van der Waals surface area contributed by atoms with Crippen molar-refractivity contribution in [2.75, 3.05) is 7.05 Å². The highest BCUT2D eigenvalue weighted by molar-refractivity contribution is 5.25. The Bertz CT molecular complexity index is 298. The van der Waals surface area contributed by atoms with Crippen molar-refractivity contribution >= 4 is 0 Å². The van der Waals surface area contributed by atoms with Crippen LogP contribution in [0.2, 0.25) is 0 Å². The number of benzene rings is 1. The second-order valence-electron chi connectivity index (χ2n) is 4.83. The Morgan fingerprint density at radius 3 is 2.00 bits per heavy atom. The maximum Gasteiger partial charge on any atom is 0.0345 e. The van der Waals surface area contributed by atoms with E-state index in [-0.39, 0.29) is 0 Å². The third-order valence-electron chi connectivity index (χ3n) is 3.71. The summed E-state index contributed by atoms with van der Waals surface area (Å²) < 4.78 is 0. The summed E-state index contributed by atoms with van der Waals surface area (Å²) in [6, 6.07) is 9.66. The molecule has 0 bridgehead atoms. The highest BCUT2D eigenvalue weighted by Crippen LogP contribution is 2.27. The van der Waals surface area contributed by atoms with Crippen LogP contribution in [0.15, 0.2) is 24.3 Å². The van der Waals surface area contributed by atoms with Gasteiger partial charge in [0, 0.05) is 6.04 Å². The van der Waals surface area contributed by atoms with Gasteiger partial charge in [-0.25, -0.2) is 0 Å². The van der Waals surface area contributed by atoms with Crippen LogP contribution in [0.5, 0.6) is 0 Å². The molecule has 0 aromatic heterocycles. The second kappa shape index (κ2) is 7.50. The van der Waals surface area contributed by atoms with E-state index < -0.39 is 0 Å². The van der Waals surface area contributed by atoms with E-state index in [4.69, 9.17) is 0 Å². The van der Waals surface area contributed by atoms with Gasteiger partial charge in [-0.1, -0.05) is 64.3 Å². The van der Waals surface area contributed by atoms with E-state index in [1.807, 2.05) is 0 Å². The molecule has 0 aliphatic rings. The van der Waals surface area contributed by atoms with Crippen molar-refractivity contribution in [3.8, 4) is 0 Å². The molecular formula is C16H27N. The van der Waals surface area contributed by atoms with Crippen LogP contribution in [0.4, 0.5) is 0 Å². The Morgan fingerprint density at radius 2 is 1.59 bits per heavy atom. The molecule has 0 aliphatic carbocycles. The summed E-state index contributed by atoms with van der Waals surface area (Å²) in [5.74, 6) is 0.733. The molecule has 0 spiro atoms. The molecule has 0 amide bonds. The molecule has 0 saturated heterocycles. The van der Waals surface area contributed by atoms with Crippen LogP contribution < -0.4 is 5.32 Å². The molecule has 1 nitrogen and oxygen atoms in total. The van der Waals surface area contributed by atoms with Gasteiger partial charge in [0.2, 0.25) is 0 Å². The number of rotatable bonds is 7. The first-order chi connectivity index (χ1) is 8.26. The van der Waals surface area contributed by atoms with Crippen LogP contribution in [-0.2, 0) is 6.42 Å². The molecular weight excluding hydrogens is 206 g/mol.